The zero-order valence-corrected chi connectivity index (χ0v) is 24.9. The molecule has 0 saturated heterocycles. The molecule has 3 N–H and O–H groups in total. The first-order valence-electron chi connectivity index (χ1n) is 14.2. The zero-order valence-electron chi connectivity index (χ0n) is 24.9. The molecule has 252 valence electrons. The Morgan fingerprint density at radius 1 is 0.333 bits per heavy atom. The highest BCUT2D eigenvalue weighted by Gasteiger charge is 1.98. The average molecular weight is 620 g/mol. The Labute approximate surface area is 249 Å². The average Bonchev–Trinajstić information content (AvgIpc) is 2.98. The van der Waals surface area contributed by atoms with Crippen LogP contribution < -0.4 is 5.90 Å². The molecule has 0 aliphatic carbocycles. The molecule has 0 fully saturated rings. The lowest BCUT2D eigenvalue weighted by atomic mass is 10.6. The summed E-state index contributed by atoms with van der Waals surface area (Å²) in [6.07, 6.45) is 0. The van der Waals surface area contributed by atoms with Crippen molar-refractivity contribution in [2.24, 2.45) is 5.90 Å². The number of nitrogens with two attached hydrogens (primary N) is 1. The molecule has 0 aliphatic heterocycles. The third-order valence-electron chi connectivity index (χ3n) is 4.66. The minimum Gasteiger partial charge on any atom is -0.480 e. The van der Waals surface area contributed by atoms with Crippen molar-refractivity contribution in [3.8, 4) is 0 Å². The summed E-state index contributed by atoms with van der Waals surface area (Å²) in [6, 6.07) is 0. The Morgan fingerprint density at radius 2 is 0.500 bits per heavy atom. The molecular formula is C26H53NO15. The van der Waals surface area contributed by atoms with Crippen LogP contribution >= 0.6 is 0 Å². The second-order valence-electron chi connectivity index (χ2n) is 8.05. The quantitative estimate of drug-likeness (QED) is 0.0644. The van der Waals surface area contributed by atoms with Crippen LogP contribution in [-0.4, -0.2) is 176 Å². The van der Waals surface area contributed by atoms with Crippen molar-refractivity contribution in [3.63, 3.8) is 0 Å². The fraction of sp³-hybridized carbons (Fsp3) is 0.962. The molecule has 0 aromatic rings. The molecule has 0 aromatic heterocycles. The van der Waals surface area contributed by atoms with Crippen molar-refractivity contribution in [3.05, 3.63) is 0 Å². The van der Waals surface area contributed by atoms with Crippen LogP contribution in [0.25, 0.3) is 0 Å². The van der Waals surface area contributed by atoms with Gasteiger partial charge < -0.3 is 66.8 Å². The van der Waals surface area contributed by atoms with Gasteiger partial charge in [0, 0.05) is 0 Å². The van der Waals surface area contributed by atoms with E-state index < -0.39 is 5.97 Å². The molecular weight excluding hydrogens is 566 g/mol. The van der Waals surface area contributed by atoms with Crippen LogP contribution in [0, 0.1) is 0 Å². The van der Waals surface area contributed by atoms with Gasteiger partial charge in [-0.05, 0) is 0 Å². The Bertz CT molecular complexity index is 522. The van der Waals surface area contributed by atoms with Crippen molar-refractivity contribution < 1.29 is 71.6 Å². The molecule has 0 spiro atoms. The number of carboxylic acids is 1. The molecule has 0 aromatic carbocycles. The van der Waals surface area contributed by atoms with E-state index in [0.29, 0.717) is 152 Å². The number of hydrogen-bond acceptors (Lipinski definition) is 15. The van der Waals surface area contributed by atoms with E-state index in [0.717, 1.165) is 0 Å². The van der Waals surface area contributed by atoms with Crippen LogP contribution in [0.15, 0.2) is 0 Å². The van der Waals surface area contributed by atoms with Gasteiger partial charge in [-0.3, -0.25) is 0 Å². The standard InChI is InChI=1S/C26H53NO15/c27-42-24-23-40-20-19-38-16-15-36-12-11-34-8-7-32-4-3-30-1-2-31-5-6-33-9-10-35-13-14-37-17-18-39-21-22-41-25-26(28)29/h1-25,27H2,(H,28,29). The topological polar surface area (TPSA) is 183 Å². The molecule has 42 heavy (non-hydrogen) atoms. The molecule has 0 radical (unpaired) electrons. The van der Waals surface area contributed by atoms with E-state index in [4.69, 9.17) is 67.8 Å². The molecule has 0 bridgehead atoms. The first-order valence-corrected chi connectivity index (χ1v) is 14.2. The maximum absolute atomic E-state index is 10.3. The summed E-state index contributed by atoms with van der Waals surface area (Å²) in [5.41, 5.74) is 0. The van der Waals surface area contributed by atoms with Gasteiger partial charge >= 0.3 is 5.97 Å². The van der Waals surface area contributed by atoms with Gasteiger partial charge in [0.25, 0.3) is 0 Å². The molecule has 0 unspecified atom stereocenters. The van der Waals surface area contributed by atoms with Gasteiger partial charge in [0.1, 0.15) is 6.61 Å². The summed E-state index contributed by atoms with van der Waals surface area (Å²) >= 11 is 0. The number of hydrogen-bond donors (Lipinski definition) is 2. The minimum absolute atomic E-state index is 0.240. The largest absolute Gasteiger partial charge is 0.480 e. The summed E-state index contributed by atoms with van der Waals surface area (Å²) in [7, 11) is 0. The van der Waals surface area contributed by atoms with Crippen LogP contribution in [0.1, 0.15) is 0 Å². The first kappa shape index (κ1) is 40.9. The second-order valence-corrected chi connectivity index (χ2v) is 8.05. The molecule has 16 heteroatoms. The van der Waals surface area contributed by atoms with Crippen molar-refractivity contribution in [2.45, 2.75) is 0 Å². The fourth-order valence-corrected chi connectivity index (χ4v) is 2.69. The summed E-state index contributed by atoms with van der Waals surface area (Å²) in [5.74, 6) is 3.89. The predicted octanol–water partition coefficient (Wildman–Crippen LogP) is -0.839. The maximum Gasteiger partial charge on any atom is 0.329 e. The van der Waals surface area contributed by atoms with Gasteiger partial charge in [-0.2, -0.15) is 0 Å². The van der Waals surface area contributed by atoms with Crippen LogP contribution in [0.4, 0.5) is 0 Å². The monoisotopic (exact) mass is 619 g/mol. The molecule has 0 aliphatic rings. The van der Waals surface area contributed by atoms with Gasteiger partial charge in [0.05, 0.1) is 159 Å². The van der Waals surface area contributed by atoms with Crippen LogP contribution in [0.5, 0.6) is 0 Å². The number of carboxylic acid groups (broad SMARTS) is 1. The van der Waals surface area contributed by atoms with E-state index in [1.54, 1.807) is 0 Å². The summed E-state index contributed by atoms with van der Waals surface area (Å²) < 4.78 is 64.0. The van der Waals surface area contributed by atoms with E-state index in [9.17, 15) is 4.79 Å². The lowest BCUT2D eigenvalue weighted by molar-refractivity contribution is -0.142. The highest BCUT2D eigenvalue weighted by Crippen LogP contribution is 1.87. The highest BCUT2D eigenvalue weighted by molar-refractivity contribution is 5.67. The zero-order chi connectivity index (χ0) is 30.4. The SMILES string of the molecule is NOCCOCCOCCOCCOCCOCCOCCOCCOCCOCCOCCOCCOCC(=O)O. The Kier molecular flexibility index (Phi) is 37.0. The summed E-state index contributed by atoms with van der Waals surface area (Å²) in [5, 5.41) is 8.41. The Hall–Kier alpha value is -1.09. The van der Waals surface area contributed by atoms with Crippen molar-refractivity contribution >= 4 is 5.97 Å². The molecule has 0 amide bonds. The number of rotatable bonds is 38. The highest BCUT2D eigenvalue weighted by atomic mass is 16.6. The first-order chi connectivity index (χ1) is 20.8. The predicted molar refractivity (Wildman–Crippen MR) is 148 cm³/mol. The third-order valence-corrected chi connectivity index (χ3v) is 4.66. The number of carbonyl (C=O) groups is 1. The molecule has 0 saturated carbocycles. The van der Waals surface area contributed by atoms with Gasteiger partial charge in [0.15, 0.2) is 0 Å². The molecule has 0 rings (SSSR count). The lowest BCUT2D eigenvalue weighted by Gasteiger charge is -2.09. The van der Waals surface area contributed by atoms with Crippen LogP contribution in [0.3, 0.4) is 0 Å². The summed E-state index contributed by atoms with van der Waals surface area (Å²) in [6.45, 7) is 10.7. The number of aliphatic carboxylic acids is 1. The van der Waals surface area contributed by atoms with Crippen LogP contribution in [0.2, 0.25) is 0 Å². The smallest absolute Gasteiger partial charge is 0.329 e. The third kappa shape index (κ3) is 38.9. The minimum atomic E-state index is -0.997. The van der Waals surface area contributed by atoms with Gasteiger partial charge in [-0.1, -0.05) is 0 Å². The van der Waals surface area contributed by atoms with Crippen molar-refractivity contribution in [1.29, 1.82) is 0 Å². The van der Waals surface area contributed by atoms with E-state index in [1.807, 2.05) is 0 Å². The summed E-state index contributed by atoms with van der Waals surface area (Å²) in [4.78, 5) is 14.6. The van der Waals surface area contributed by atoms with E-state index in [2.05, 4.69) is 4.84 Å². The molecule has 16 nitrogen and oxygen atoms in total. The second kappa shape index (κ2) is 37.9. The Balaban J connectivity index is 3.03. The lowest BCUT2D eigenvalue weighted by Crippen LogP contribution is -2.16. The van der Waals surface area contributed by atoms with E-state index in [-0.39, 0.29) is 13.2 Å². The molecule has 0 heterocycles. The van der Waals surface area contributed by atoms with E-state index in [1.165, 1.54) is 0 Å². The van der Waals surface area contributed by atoms with Gasteiger partial charge in [-0.15, -0.1) is 0 Å². The fourth-order valence-electron chi connectivity index (χ4n) is 2.69. The van der Waals surface area contributed by atoms with E-state index >= 15 is 0 Å². The van der Waals surface area contributed by atoms with Crippen molar-refractivity contribution in [2.75, 3.05) is 165 Å². The van der Waals surface area contributed by atoms with Crippen LogP contribution in [-0.2, 0) is 66.5 Å². The van der Waals surface area contributed by atoms with Gasteiger partial charge in [0.2, 0.25) is 0 Å². The normalized spacial score (nSPS) is 11.5. The number of ether oxygens (including phenoxy) is 12. The van der Waals surface area contributed by atoms with Crippen molar-refractivity contribution in [1.82, 2.24) is 0 Å². The van der Waals surface area contributed by atoms with Gasteiger partial charge in [-0.25, -0.2) is 10.7 Å². The Morgan fingerprint density at radius 3 is 0.667 bits per heavy atom. The maximum atomic E-state index is 10.3. The molecule has 0 atom stereocenters.